The molecule has 0 amide bonds. The number of rotatable bonds is 4. The molecule has 5 nitrogen and oxygen atoms in total. The number of carboxylic acids is 1. The van der Waals surface area contributed by atoms with E-state index >= 15 is 0 Å². The first kappa shape index (κ1) is 13.4. The van der Waals surface area contributed by atoms with Crippen molar-refractivity contribution in [1.82, 2.24) is 0 Å². The van der Waals surface area contributed by atoms with Gasteiger partial charge in [-0.3, -0.25) is 0 Å². The maximum Gasteiger partial charge on any atom is 0.328 e. The molecule has 1 aromatic carbocycles. The molecule has 0 unspecified atom stereocenters. The van der Waals surface area contributed by atoms with E-state index in [1.807, 2.05) is 0 Å². The van der Waals surface area contributed by atoms with Crippen molar-refractivity contribution < 1.29 is 23.4 Å². The highest BCUT2D eigenvalue weighted by Crippen LogP contribution is 2.17. The summed E-state index contributed by atoms with van der Waals surface area (Å²) in [6.45, 7) is -0.426. The minimum Gasteiger partial charge on any atom is -0.478 e. The maximum absolute atomic E-state index is 11.2. The van der Waals surface area contributed by atoms with Gasteiger partial charge in [0.1, 0.15) is 0 Å². The molecule has 92 valence electrons. The Bertz CT molecular complexity index is 540. The molecule has 0 saturated heterocycles. The highest BCUT2D eigenvalue weighted by Gasteiger charge is 2.08. The van der Waals surface area contributed by atoms with Gasteiger partial charge < -0.3 is 10.2 Å². The van der Waals surface area contributed by atoms with Crippen LogP contribution in [0.5, 0.6) is 0 Å². The molecule has 0 aromatic heterocycles. The molecule has 0 fully saturated rings. The predicted octanol–water partition coefficient (Wildman–Crippen LogP) is 0.550. The quantitative estimate of drug-likeness (QED) is 0.767. The van der Waals surface area contributed by atoms with E-state index in [0.717, 1.165) is 12.3 Å². The van der Waals surface area contributed by atoms with E-state index in [1.54, 1.807) is 0 Å². The third-order valence-corrected chi connectivity index (χ3v) is 3.25. The second-order valence-corrected chi connectivity index (χ2v) is 5.48. The van der Waals surface area contributed by atoms with Crippen molar-refractivity contribution in [3.05, 3.63) is 35.9 Å². The van der Waals surface area contributed by atoms with Crippen LogP contribution in [0.1, 0.15) is 5.56 Å². The number of carbonyl (C=O) groups is 1. The molecule has 0 heterocycles. The zero-order chi connectivity index (χ0) is 13.1. The molecule has 0 spiro atoms. The smallest absolute Gasteiger partial charge is 0.328 e. The standard InChI is InChI=1S/C11H12O5S/c1-17(15,16)10-4-2-8(3-5-10)9(7-12)6-11(13)14/h2-6,12H,7H2,1H3,(H,13,14)/b9-6+. The monoisotopic (exact) mass is 256 g/mol. The molecular formula is C11H12O5S. The average Bonchev–Trinajstić information content (AvgIpc) is 2.24. The molecule has 0 aliphatic carbocycles. The molecule has 6 heteroatoms. The highest BCUT2D eigenvalue weighted by atomic mass is 32.2. The minimum atomic E-state index is -3.27. The van der Waals surface area contributed by atoms with E-state index in [2.05, 4.69) is 0 Å². The van der Waals surface area contributed by atoms with Gasteiger partial charge in [-0.2, -0.15) is 0 Å². The Morgan fingerprint density at radius 1 is 1.29 bits per heavy atom. The Balaban J connectivity index is 3.14. The number of carboxylic acid groups (broad SMARTS) is 1. The van der Waals surface area contributed by atoms with E-state index in [-0.39, 0.29) is 10.5 Å². The van der Waals surface area contributed by atoms with Crippen molar-refractivity contribution in [2.75, 3.05) is 12.9 Å². The molecule has 1 aromatic rings. The Labute approximate surface area is 98.9 Å². The molecule has 1 rings (SSSR count). The van der Waals surface area contributed by atoms with Crippen molar-refractivity contribution >= 4 is 21.4 Å². The van der Waals surface area contributed by atoms with Gasteiger partial charge in [0.15, 0.2) is 9.84 Å². The third-order valence-electron chi connectivity index (χ3n) is 2.12. The van der Waals surface area contributed by atoms with Crippen LogP contribution in [0.15, 0.2) is 35.2 Å². The highest BCUT2D eigenvalue weighted by molar-refractivity contribution is 7.90. The van der Waals surface area contributed by atoms with E-state index in [0.29, 0.717) is 5.56 Å². The van der Waals surface area contributed by atoms with Gasteiger partial charge in [0.2, 0.25) is 0 Å². The Hall–Kier alpha value is -1.66. The normalized spacial score (nSPS) is 12.5. The lowest BCUT2D eigenvalue weighted by Gasteiger charge is -2.04. The second kappa shape index (κ2) is 5.11. The third kappa shape index (κ3) is 3.69. The van der Waals surface area contributed by atoms with Crippen LogP contribution in [0.4, 0.5) is 0 Å². The SMILES string of the molecule is CS(=O)(=O)c1ccc(/C(=C/C(=O)O)CO)cc1. The molecular weight excluding hydrogens is 244 g/mol. The lowest BCUT2D eigenvalue weighted by molar-refractivity contribution is -0.131. The molecule has 0 bridgehead atoms. The summed E-state index contributed by atoms with van der Waals surface area (Å²) in [4.78, 5) is 10.6. The summed E-state index contributed by atoms with van der Waals surface area (Å²) in [5.74, 6) is -1.17. The second-order valence-electron chi connectivity index (χ2n) is 3.46. The molecule has 0 atom stereocenters. The summed E-state index contributed by atoms with van der Waals surface area (Å²) < 4.78 is 22.4. The van der Waals surface area contributed by atoms with Crippen LogP contribution in [0.2, 0.25) is 0 Å². The van der Waals surface area contributed by atoms with Crippen molar-refractivity contribution in [2.45, 2.75) is 4.90 Å². The fourth-order valence-electron chi connectivity index (χ4n) is 1.29. The largest absolute Gasteiger partial charge is 0.478 e. The number of sulfone groups is 1. The first-order chi connectivity index (χ1) is 7.84. The molecule has 2 N–H and O–H groups in total. The summed E-state index contributed by atoms with van der Waals surface area (Å²) in [5, 5.41) is 17.6. The summed E-state index contributed by atoms with van der Waals surface area (Å²) >= 11 is 0. The maximum atomic E-state index is 11.2. The van der Waals surface area contributed by atoms with Gasteiger partial charge in [0, 0.05) is 12.3 Å². The molecule has 17 heavy (non-hydrogen) atoms. The lowest BCUT2D eigenvalue weighted by atomic mass is 10.1. The van der Waals surface area contributed by atoms with Crippen LogP contribution in [-0.2, 0) is 14.6 Å². The van der Waals surface area contributed by atoms with Crippen LogP contribution in [0.3, 0.4) is 0 Å². The van der Waals surface area contributed by atoms with Gasteiger partial charge in [-0.25, -0.2) is 13.2 Å². The van der Waals surface area contributed by atoms with Gasteiger partial charge in [0.05, 0.1) is 11.5 Å². The zero-order valence-electron chi connectivity index (χ0n) is 9.12. The summed E-state index contributed by atoms with van der Waals surface area (Å²) in [6.07, 6.45) is 1.97. The van der Waals surface area contributed by atoms with Crippen LogP contribution in [0, 0.1) is 0 Å². The zero-order valence-corrected chi connectivity index (χ0v) is 9.94. The van der Waals surface area contributed by atoms with E-state index in [9.17, 15) is 13.2 Å². The van der Waals surface area contributed by atoms with Gasteiger partial charge in [0.25, 0.3) is 0 Å². The molecule has 0 saturated carbocycles. The predicted molar refractivity (Wildman–Crippen MR) is 62.3 cm³/mol. The first-order valence-electron chi connectivity index (χ1n) is 4.69. The number of hydrogen-bond donors (Lipinski definition) is 2. The fraction of sp³-hybridized carbons (Fsp3) is 0.182. The number of aliphatic hydroxyl groups excluding tert-OH is 1. The Morgan fingerprint density at radius 3 is 2.18 bits per heavy atom. The van der Waals surface area contributed by atoms with Crippen molar-refractivity contribution in [1.29, 1.82) is 0 Å². The van der Waals surface area contributed by atoms with Crippen LogP contribution in [-0.4, -0.2) is 37.5 Å². The Morgan fingerprint density at radius 2 is 1.82 bits per heavy atom. The molecule has 0 radical (unpaired) electrons. The van der Waals surface area contributed by atoms with E-state index < -0.39 is 22.4 Å². The summed E-state index contributed by atoms with van der Waals surface area (Å²) in [7, 11) is -3.27. The van der Waals surface area contributed by atoms with Crippen molar-refractivity contribution in [3.8, 4) is 0 Å². The van der Waals surface area contributed by atoms with Crippen LogP contribution < -0.4 is 0 Å². The van der Waals surface area contributed by atoms with Gasteiger partial charge in [-0.15, -0.1) is 0 Å². The molecule has 0 aliphatic rings. The van der Waals surface area contributed by atoms with Gasteiger partial charge in [-0.05, 0) is 23.3 Å². The number of aliphatic carboxylic acids is 1. The molecule has 0 aliphatic heterocycles. The van der Waals surface area contributed by atoms with Crippen LogP contribution in [0.25, 0.3) is 5.57 Å². The van der Waals surface area contributed by atoms with E-state index in [1.165, 1.54) is 24.3 Å². The summed E-state index contributed by atoms with van der Waals surface area (Å²) in [6, 6.07) is 5.66. The van der Waals surface area contributed by atoms with E-state index in [4.69, 9.17) is 10.2 Å². The fourth-order valence-corrected chi connectivity index (χ4v) is 1.92. The van der Waals surface area contributed by atoms with Crippen LogP contribution >= 0.6 is 0 Å². The topological polar surface area (TPSA) is 91.7 Å². The number of hydrogen-bond acceptors (Lipinski definition) is 4. The van der Waals surface area contributed by atoms with Crippen molar-refractivity contribution in [3.63, 3.8) is 0 Å². The Kier molecular flexibility index (Phi) is 4.03. The first-order valence-corrected chi connectivity index (χ1v) is 6.58. The van der Waals surface area contributed by atoms with Gasteiger partial charge >= 0.3 is 5.97 Å². The minimum absolute atomic E-state index is 0.147. The number of aliphatic hydroxyl groups is 1. The summed E-state index contributed by atoms with van der Waals surface area (Å²) in [5.41, 5.74) is 0.694. The lowest BCUT2D eigenvalue weighted by Crippen LogP contribution is -1.99. The van der Waals surface area contributed by atoms with Crippen molar-refractivity contribution in [2.24, 2.45) is 0 Å². The number of benzene rings is 1. The van der Waals surface area contributed by atoms with Gasteiger partial charge in [-0.1, -0.05) is 12.1 Å². The average molecular weight is 256 g/mol.